The Kier molecular flexibility index (Phi) is 5.44. The number of carbonyl (C=O) groups excluding carboxylic acids is 1. The smallest absolute Gasteiger partial charge is 0.268 e. The van der Waals surface area contributed by atoms with E-state index in [1.165, 1.54) is 0 Å². The van der Waals surface area contributed by atoms with Crippen LogP contribution in [0.3, 0.4) is 0 Å². The second-order valence-corrected chi connectivity index (χ2v) is 7.21. The number of hydrogen-bond acceptors (Lipinski definition) is 2. The Labute approximate surface area is 162 Å². The van der Waals surface area contributed by atoms with Gasteiger partial charge in [0.05, 0.1) is 6.04 Å². The van der Waals surface area contributed by atoms with Gasteiger partial charge in [-0.05, 0) is 61.9 Å². The van der Waals surface area contributed by atoms with E-state index in [1.54, 1.807) is 24.3 Å². The van der Waals surface area contributed by atoms with Crippen LogP contribution in [0.5, 0.6) is 5.75 Å². The van der Waals surface area contributed by atoms with Crippen molar-refractivity contribution in [3.8, 4) is 5.75 Å². The molecule has 26 heavy (non-hydrogen) atoms. The number of hydrogen-bond donors (Lipinski definition) is 1. The molecular formula is C20H20Cl2N2O2. The van der Waals surface area contributed by atoms with Crippen molar-refractivity contribution in [2.45, 2.75) is 19.9 Å². The number of aromatic nitrogens is 1. The van der Waals surface area contributed by atoms with E-state index in [4.69, 9.17) is 27.9 Å². The van der Waals surface area contributed by atoms with Crippen LogP contribution in [0.2, 0.25) is 10.0 Å². The summed E-state index contributed by atoms with van der Waals surface area (Å²) in [4.78, 5) is 12.8. The predicted octanol–water partition coefficient (Wildman–Crippen LogP) is 4.99. The zero-order chi connectivity index (χ0) is 18.8. The fourth-order valence-corrected chi connectivity index (χ4v) is 3.31. The molecule has 1 amide bonds. The summed E-state index contributed by atoms with van der Waals surface area (Å²) in [5.41, 5.74) is 2.51. The summed E-state index contributed by atoms with van der Waals surface area (Å²) in [5, 5.41) is 5.29. The molecule has 0 spiro atoms. The zero-order valence-corrected chi connectivity index (χ0v) is 16.4. The topological polar surface area (TPSA) is 43.3 Å². The molecule has 1 heterocycles. The Hall–Kier alpha value is -2.17. The number of aryl methyl sites for hydroxylation is 2. The van der Waals surface area contributed by atoms with E-state index < -0.39 is 0 Å². The predicted molar refractivity (Wildman–Crippen MR) is 107 cm³/mol. The van der Waals surface area contributed by atoms with Gasteiger partial charge in [0.25, 0.3) is 5.91 Å². The van der Waals surface area contributed by atoms with Crippen molar-refractivity contribution in [2.75, 3.05) is 6.61 Å². The number of carbonyl (C=O) groups is 1. The standard InChI is InChI=1S/C20H20Cl2N2O2/c1-12(11-26-16-7-4-14(21)5-8-16)23-20(25)19-13(2)17-10-15(22)6-9-18(17)24(19)3/h4-10,12H,11H2,1-3H3,(H,23,25). The van der Waals surface area contributed by atoms with Crippen LogP contribution < -0.4 is 10.1 Å². The molecule has 3 aromatic rings. The molecule has 1 aromatic heterocycles. The molecule has 3 rings (SSSR count). The Bertz CT molecular complexity index is 949. The van der Waals surface area contributed by atoms with Gasteiger partial charge < -0.3 is 14.6 Å². The molecule has 0 saturated carbocycles. The molecule has 0 aliphatic rings. The number of amides is 1. The molecule has 136 valence electrons. The van der Waals surface area contributed by atoms with E-state index in [-0.39, 0.29) is 11.9 Å². The molecule has 6 heteroatoms. The van der Waals surface area contributed by atoms with Crippen molar-refractivity contribution in [3.05, 3.63) is 63.8 Å². The zero-order valence-electron chi connectivity index (χ0n) is 14.8. The van der Waals surface area contributed by atoms with E-state index >= 15 is 0 Å². The Morgan fingerprint density at radius 3 is 2.50 bits per heavy atom. The van der Waals surface area contributed by atoms with Crippen LogP contribution >= 0.6 is 23.2 Å². The first-order chi connectivity index (χ1) is 12.4. The largest absolute Gasteiger partial charge is 0.491 e. The normalized spacial score (nSPS) is 12.2. The Balaban J connectivity index is 1.71. The van der Waals surface area contributed by atoms with Gasteiger partial charge in [0.2, 0.25) is 0 Å². The van der Waals surface area contributed by atoms with Gasteiger partial charge >= 0.3 is 0 Å². The minimum atomic E-state index is -0.154. The molecule has 0 fully saturated rings. The third-order valence-electron chi connectivity index (χ3n) is 4.32. The van der Waals surface area contributed by atoms with Gasteiger partial charge in [0.15, 0.2) is 0 Å². The highest BCUT2D eigenvalue weighted by Gasteiger charge is 2.20. The second kappa shape index (κ2) is 7.60. The van der Waals surface area contributed by atoms with Crippen LogP contribution in [0, 0.1) is 6.92 Å². The van der Waals surface area contributed by atoms with Crippen molar-refractivity contribution < 1.29 is 9.53 Å². The lowest BCUT2D eigenvalue weighted by atomic mass is 10.1. The molecule has 1 unspecified atom stereocenters. The molecule has 2 aromatic carbocycles. The summed E-state index contributed by atoms with van der Waals surface area (Å²) < 4.78 is 7.59. The van der Waals surface area contributed by atoms with Crippen molar-refractivity contribution in [1.29, 1.82) is 0 Å². The van der Waals surface area contributed by atoms with Crippen molar-refractivity contribution in [1.82, 2.24) is 9.88 Å². The van der Waals surface area contributed by atoms with Crippen molar-refractivity contribution in [2.24, 2.45) is 7.05 Å². The third-order valence-corrected chi connectivity index (χ3v) is 4.81. The molecule has 0 aliphatic heterocycles. The lowest BCUT2D eigenvalue weighted by Crippen LogP contribution is -2.37. The van der Waals surface area contributed by atoms with Gasteiger partial charge in [-0.25, -0.2) is 0 Å². The first-order valence-electron chi connectivity index (χ1n) is 8.30. The van der Waals surface area contributed by atoms with Crippen LogP contribution in [-0.4, -0.2) is 23.1 Å². The Morgan fingerprint density at radius 2 is 1.81 bits per heavy atom. The highest BCUT2D eigenvalue weighted by atomic mass is 35.5. The molecule has 4 nitrogen and oxygen atoms in total. The van der Waals surface area contributed by atoms with Crippen LogP contribution in [0.1, 0.15) is 23.0 Å². The van der Waals surface area contributed by atoms with E-state index in [1.807, 2.05) is 43.7 Å². The van der Waals surface area contributed by atoms with Gasteiger partial charge in [-0.1, -0.05) is 23.2 Å². The highest BCUT2D eigenvalue weighted by Crippen LogP contribution is 2.27. The van der Waals surface area contributed by atoms with Crippen molar-refractivity contribution >= 4 is 40.0 Å². The first kappa shape index (κ1) is 18.6. The minimum Gasteiger partial charge on any atom is -0.491 e. The Morgan fingerprint density at radius 1 is 1.15 bits per heavy atom. The molecule has 0 aliphatic carbocycles. The second-order valence-electron chi connectivity index (χ2n) is 6.33. The quantitative estimate of drug-likeness (QED) is 0.666. The number of rotatable bonds is 5. The SMILES string of the molecule is Cc1c(C(=O)NC(C)COc2ccc(Cl)cc2)n(C)c2ccc(Cl)cc12. The maximum absolute atomic E-state index is 12.8. The molecule has 0 bridgehead atoms. The van der Waals surface area contributed by atoms with E-state index in [0.29, 0.717) is 28.1 Å². The van der Waals surface area contributed by atoms with Crippen molar-refractivity contribution in [3.63, 3.8) is 0 Å². The summed E-state index contributed by atoms with van der Waals surface area (Å²) in [6, 6.07) is 12.6. The van der Waals surface area contributed by atoms with E-state index in [0.717, 1.165) is 16.5 Å². The number of nitrogens with zero attached hydrogens (tertiary/aromatic N) is 1. The minimum absolute atomic E-state index is 0.135. The fourth-order valence-electron chi connectivity index (χ4n) is 3.01. The van der Waals surface area contributed by atoms with Gasteiger partial charge in [-0.2, -0.15) is 0 Å². The average molecular weight is 391 g/mol. The summed E-state index contributed by atoms with van der Waals surface area (Å²) >= 11 is 12.0. The third kappa shape index (κ3) is 3.81. The van der Waals surface area contributed by atoms with Gasteiger partial charge in [-0.3, -0.25) is 4.79 Å². The van der Waals surface area contributed by atoms with Crippen LogP contribution in [-0.2, 0) is 7.05 Å². The van der Waals surface area contributed by atoms with Gasteiger partial charge in [0, 0.05) is 28.0 Å². The first-order valence-corrected chi connectivity index (χ1v) is 9.06. The molecular weight excluding hydrogens is 371 g/mol. The van der Waals surface area contributed by atoms with Gasteiger partial charge in [-0.15, -0.1) is 0 Å². The summed E-state index contributed by atoms with van der Waals surface area (Å²) in [7, 11) is 1.88. The molecule has 1 atom stereocenters. The lowest BCUT2D eigenvalue weighted by molar-refractivity contribution is 0.0918. The maximum atomic E-state index is 12.8. The number of fused-ring (bicyclic) bond motifs is 1. The lowest BCUT2D eigenvalue weighted by Gasteiger charge is -2.16. The highest BCUT2D eigenvalue weighted by molar-refractivity contribution is 6.31. The number of nitrogens with one attached hydrogen (secondary N) is 1. The summed E-state index contributed by atoms with van der Waals surface area (Å²) in [6.45, 7) is 4.20. The van der Waals surface area contributed by atoms with Crippen LogP contribution in [0.25, 0.3) is 10.9 Å². The number of ether oxygens (including phenoxy) is 1. The van der Waals surface area contributed by atoms with Crippen LogP contribution in [0.4, 0.5) is 0 Å². The van der Waals surface area contributed by atoms with Gasteiger partial charge in [0.1, 0.15) is 18.1 Å². The molecule has 1 N–H and O–H groups in total. The maximum Gasteiger partial charge on any atom is 0.268 e. The number of halogens is 2. The average Bonchev–Trinajstić information content (AvgIpc) is 2.85. The van der Waals surface area contributed by atoms with Crippen LogP contribution in [0.15, 0.2) is 42.5 Å². The number of benzene rings is 2. The molecule has 0 saturated heterocycles. The van der Waals surface area contributed by atoms with E-state index in [9.17, 15) is 4.79 Å². The monoisotopic (exact) mass is 390 g/mol. The van der Waals surface area contributed by atoms with E-state index in [2.05, 4.69) is 5.32 Å². The summed E-state index contributed by atoms with van der Waals surface area (Å²) in [6.07, 6.45) is 0. The summed E-state index contributed by atoms with van der Waals surface area (Å²) in [5.74, 6) is 0.579. The molecule has 0 radical (unpaired) electrons. The fraction of sp³-hybridized carbons (Fsp3) is 0.250.